The highest BCUT2D eigenvalue weighted by Crippen LogP contribution is 2.21. The van der Waals surface area contributed by atoms with Crippen molar-refractivity contribution in [3.63, 3.8) is 0 Å². The maximum absolute atomic E-state index is 11.4. The number of anilines is 1. The second-order valence-corrected chi connectivity index (χ2v) is 3.92. The molecule has 0 unspecified atom stereocenters. The average Bonchev–Trinajstić information content (AvgIpc) is 2.65. The van der Waals surface area contributed by atoms with Crippen LogP contribution in [-0.2, 0) is 4.79 Å². The van der Waals surface area contributed by atoms with Crippen LogP contribution in [0.25, 0.3) is 0 Å². The highest BCUT2D eigenvalue weighted by atomic mass is 32.1. The van der Waals surface area contributed by atoms with Crippen molar-refractivity contribution >= 4 is 22.2 Å². The van der Waals surface area contributed by atoms with Gasteiger partial charge in [0.05, 0.1) is 12.1 Å². The molecule has 0 saturated heterocycles. The molecule has 0 bridgehead atoms. The standard InChI is InChI=1S/C10H13N3OS/c1-2-4-12-7-9(14)13-10-8(6-11)3-5-15-10/h3,5,12H,2,4,7H2,1H3,(H,13,14). The van der Waals surface area contributed by atoms with Crippen molar-refractivity contribution in [3.05, 3.63) is 17.0 Å². The van der Waals surface area contributed by atoms with E-state index < -0.39 is 0 Å². The highest BCUT2D eigenvalue weighted by molar-refractivity contribution is 7.14. The summed E-state index contributed by atoms with van der Waals surface area (Å²) in [6, 6.07) is 3.72. The summed E-state index contributed by atoms with van der Waals surface area (Å²) in [7, 11) is 0. The molecular formula is C10H13N3OS. The summed E-state index contributed by atoms with van der Waals surface area (Å²) in [6.07, 6.45) is 0.996. The predicted molar refractivity (Wildman–Crippen MR) is 60.8 cm³/mol. The lowest BCUT2D eigenvalue weighted by atomic mass is 10.3. The van der Waals surface area contributed by atoms with Crippen molar-refractivity contribution in [2.24, 2.45) is 0 Å². The van der Waals surface area contributed by atoms with Gasteiger partial charge in [0.2, 0.25) is 5.91 Å². The minimum atomic E-state index is -0.109. The second-order valence-electron chi connectivity index (χ2n) is 3.00. The lowest BCUT2D eigenvalue weighted by Gasteiger charge is -2.03. The Balaban J connectivity index is 2.42. The number of rotatable bonds is 5. The first-order valence-electron chi connectivity index (χ1n) is 4.76. The van der Waals surface area contributed by atoms with E-state index in [-0.39, 0.29) is 12.5 Å². The van der Waals surface area contributed by atoms with E-state index in [4.69, 9.17) is 5.26 Å². The van der Waals surface area contributed by atoms with Gasteiger partial charge in [0, 0.05) is 0 Å². The lowest BCUT2D eigenvalue weighted by Crippen LogP contribution is -2.28. The molecule has 1 heterocycles. The largest absolute Gasteiger partial charge is 0.315 e. The van der Waals surface area contributed by atoms with Crippen LogP contribution in [0.4, 0.5) is 5.00 Å². The fourth-order valence-electron chi connectivity index (χ4n) is 1.04. The lowest BCUT2D eigenvalue weighted by molar-refractivity contribution is -0.115. The van der Waals surface area contributed by atoms with E-state index >= 15 is 0 Å². The Labute approximate surface area is 92.9 Å². The maximum Gasteiger partial charge on any atom is 0.238 e. The van der Waals surface area contributed by atoms with Crippen molar-refractivity contribution in [1.29, 1.82) is 5.26 Å². The van der Waals surface area contributed by atoms with Crippen LogP contribution < -0.4 is 10.6 Å². The molecule has 1 rings (SSSR count). The number of amides is 1. The van der Waals surface area contributed by atoms with Crippen LogP contribution >= 0.6 is 11.3 Å². The first-order valence-corrected chi connectivity index (χ1v) is 5.64. The zero-order chi connectivity index (χ0) is 11.1. The fourth-order valence-corrected chi connectivity index (χ4v) is 1.80. The number of nitriles is 1. The first kappa shape index (κ1) is 11.7. The van der Waals surface area contributed by atoms with Gasteiger partial charge in [-0.25, -0.2) is 0 Å². The van der Waals surface area contributed by atoms with Crippen molar-refractivity contribution in [2.75, 3.05) is 18.4 Å². The number of thiophene rings is 1. The third kappa shape index (κ3) is 3.70. The molecule has 80 valence electrons. The van der Waals surface area contributed by atoms with Crippen molar-refractivity contribution in [3.8, 4) is 6.07 Å². The van der Waals surface area contributed by atoms with Crippen LogP contribution in [0, 0.1) is 11.3 Å². The number of carbonyl (C=O) groups is 1. The highest BCUT2D eigenvalue weighted by Gasteiger charge is 2.06. The van der Waals surface area contributed by atoms with Gasteiger partial charge < -0.3 is 10.6 Å². The predicted octanol–water partition coefficient (Wildman–Crippen LogP) is 1.56. The molecule has 0 saturated carbocycles. The molecule has 15 heavy (non-hydrogen) atoms. The summed E-state index contributed by atoms with van der Waals surface area (Å²) >= 11 is 1.36. The third-order valence-corrected chi connectivity index (χ3v) is 2.58. The molecule has 1 amide bonds. The van der Waals surface area contributed by atoms with Gasteiger partial charge in [-0.05, 0) is 24.4 Å². The zero-order valence-electron chi connectivity index (χ0n) is 8.54. The van der Waals surface area contributed by atoms with Gasteiger partial charge in [-0.1, -0.05) is 6.92 Å². The molecule has 0 radical (unpaired) electrons. The molecule has 2 N–H and O–H groups in total. The summed E-state index contributed by atoms with van der Waals surface area (Å²) in [5, 5.41) is 16.8. The van der Waals surface area contributed by atoms with E-state index in [1.807, 2.05) is 13.0 Å². The molecule has 4 nitrogen and oxygen atoms in total. The van der Waals surface area contributed by atoms with E-state index in [1.165, 1.54) is 11.3 Å². The average molecular weight is 223 g/mol. The van der Waals surface area contributed by atoms with Gasteiger partial charge in [-0.3, -0.25) is 4.79 Å². The summed E-state index contributed by atoms with van der Waals surface area (Å²) in [6.45, 7) is 3.15. The third-order valence-electron chi connectivity index (χ3n) is 1.75. The van der Waals surface area contributed by atoms with Gasteiger partial charge in [-0.2, -0.15) is 5.26 Å². The Bertz CT molecular complexity index is 367. The van der Waals surface area contributed by atoms with Gasteiger partial charge in [0.25, 0.3) is 0 Å². The van der Waals surface area contributed by atoms with Crippen molar-refractivity contribution in [2.45, 2.75) is 13.3 Å². The molecule has 0 aliphatic carbocycles. The number of hydrogen-bond donors (Lipinski definition) is 2. The van der Waals surface area contributed by atoms with Crippen LogP contribution in [0.1, 0.15) is 18.9 Å². The number of hydrogen-bond acceptors (Lipinski definition) is 4. The van der Waals surface area contributed by atoms with Crippen LogP contribution in [0.5, 0.6) is 0 Å². The summed E-state index contributed by atoms with van der Waals surface area (Å²) in [5.74, 6) is -0.109. The van der Waals surface area contributed by atoms with E-state index in [0.717, 1.165) is 13.0 Å². The Hall–Kier alpha value is -1.38. The van der Waals surface area contributed by atoms with Crippen molar-refractivity contribution in [1.82, 2.24) is 5.32 Å². The van der Waals surface area contributed by atoms with Crippen molar-refractivity contribution < 1.29 is 4.79 Å². The van der Waals surface area contributed by atoms with Crippen LogP contribution in [-0.4, -0.2) is 19.0 Å². The van der Waals surface area contributed by atoms with Crippen LogP contribution in [0.15, 0.2) is 11.4 Å². The normalized spacial score (nSPS) is 9.60. The Morgan fingerprint density at radius 2 is 2.47 bits per heavy atom. The Morgan fingerprint density at radius 3 is 3.13 bits per heavy atom. The van der Waals surface area contributed by atoms with E-state index in [0.29, 0.717) is 10.6 Å². The van der Waals surface area contributed by atoms with Gasteiger partial charge in [-0.15, -0.1) is 11.3 Å². The smallest absolute Gasteiger partial charge is 0.238 e. The summed E-state index contributed by atoms with van der Waals surface area (Å²) in [4.78, 5) is 11.4. The number of nitrogens with one attached hydrogen (secondary N) is 2. The number of carbonyl (C=O) groups excluding carboxylic acids is 1. The molecule has 0 atom stereocenters. The van der Waals surface area contributed by atoms with Crippen LogP contribution in [0.3, 0.4) is 0 Å². The SMILES string of the molecule is CCCNCC(=O)Nc1sccc1C#N. The molecule has 0 fully saturated rings. The minimum Gasteiger partial charge on any atom is -0.315 e. The monoisotopic (exact) mass is 223 g/mol. The number of nitrogens with zero attached hydrogens (tertiary/aromatic N) is 1. The molecule has 0 spiro atoms. The van der Waals surface area contributed by atoms with Gasteiger partial charge >= 0.3 is 0 Å². The molecule has 5 heteroatoms. The molecule has 0 aromatic carbocycles. The van der Waals surface area contributed by atoms with E-state index in [1.54, 1.807) is 11.4 Å². The fraction of sp³-hybridized carbons (Fsp3) is 0.400. The molecule has 0 aliphatic rings. The quantitative estimate of drug-likeness (QED) is 0.744. The van der Waals surface area contributed by atoms with Crippen LogP contribution in [0.2, 0.25) is 0 Å². The molecular weight excluding hydrogens is 210 g/mol. The summed E-state index contributed by atoms with van der Waals surface area (Å²) < 4.78 is 0. The molecule has 1 aromatic rings. The topological polar surface area (TPSA) is 64.9 Å². The summed E-state index contributed by atoms with van der Waals surface area (Å²) in [5.41, 5.74) is 0.517. The Kier molecular flexibility index (Phi) is 4.81. The Morgan fingerprint density at radius 1 is 1.67 bits per heavy atom. The van der Waals surface area contributed by atoms with E-state index in [2.05, 4.69) is 10.6 Å². The molecule has 0 aliphatic heterocycles. The van der Waals surface area contributed by atoms with Gasteiger partial charge in [0.15, 0.2) is 0 Å². The van der Waals surface area contributed by atoms with E-state index in [9.17, 15) is 4.79 Å². The first-order chi connectivity index (χ1) is 7.27. The molecule has 1 aromatic heterocycles. The van der Waals surface area contributed by atoms with Gasteiger partial charge in [0.1, 0.15) is 11.1 Å². The maximum atomic E-state index is 11.4. The second kappa shape index (κ2) is 6.17. The zero-order valence-corrected chi connectivity index (χ0v) is 9.36. The minimum absolute atomic E-state index is 0.109.